The van der Waals surface area contributed by atoms with Gasteiger partial charge in [-0.15, -0.1) is 0 Å². The number of sulfonamides is 1. The summed E-state index contributed by atoms with van der Waals surface area (Å²) in [4.78, 5) is -0.0136. The maximum Gasteiger partial charge on any atom is 0.243 e. The van der Waals surface area contributed by atoms with Crippen molar-refractivity contribution < 1.29 is 22.7 Å². The minimum Gasteiger partial charge on any atom is -0.388 e. The maximum atomic E-state index is 13.3. The van der Waals surface area contributed by atoms with Gasteiger partial charge in [-0.1, -0.05) is 23.7 Å². The van der Waals surface area contributed by atoms with E-state index in [1.165, 1.54) is 18.2 Å². The van der Waals surface area contributed by atoms with Crippen LogP contribution in [0, 0.1) is 5.82 Å². The number of nitrogens with one attached hydrogen (secondary N) is 2. The summed E-state index contributed by atoms with van der Waals surface area (Å²) in [6.07, 6.45) is 0.417. The Balaban J connectivity index is 1.63. The summed E-state index contributed by atoms with van der Waals surface area (Å²) in [6.45, 7) is 3.79. The molecule has 2 fully saturated rings. The van der Waals surface area contributed by atoms with Crippen LogP contribution in [0.1, 0.15) is 32.3 Å². The molecule has 0 radical (unpaired) electrons. The van der Waals surface area contributed by atoms with Crippen LogP contribution >= 0.6 is 11.6 Å². The first-order chi connectivity index (χ1) is 14.0. The summed E-state index contributed by atoms with van der Waals surface area (Å²) < 4.78 is 48.3. The topological polar surface area (TPSA) is 87.7 Å². The number of aliphatic hydroxyl groups excluding tert-OH is 1. The SMILES string of the molecule is CC1(C)OC[C@@H](Nc2ccc(Cl)cc2S(=O)(=O)NC2(c3ccc(F)cc3)CC2)[C@@H]1O. The number of hydrogen-bond donors (Lipinski definition) is 3. The highest BCUT2D eigenvalue weighted by molar-refractivity contribution is 7.89. The van der Waals surface area contributed by atoms with Crippen molar-refractivity contribution in [2.45, 2.75) is 54.9 Å². The van der Waals surface area contributed by atoms with Crippen LogP contribution in [-0.4, -0.2) is 37.9 Å². The molecule has 6 nitrogen and oxygen atoms in total. The molecule has 2 atom stereocenters. The van der Waals surface area contributed by atoms with E-state index >= 15 is 0 Å². The zero-order valence-electron chi connectivity index (χ0n) is 16.7. The first-order valence-corrected chi connectivity index (χ1v) is 11.6. The Morgan fingerprint density at radius 3 is 2.40 bits per heavy atom. The van der Waals surface area contributed by atoms with Gasteiger partial charge in [0, 0.05) is 5.02 Å². The number of anilines is 1. The van der Waals surface area contributed by atoms with Crippen molar-refractivity contribution in [3.8, 4) is 0 Å². The highest BCUT2D eigenvalue weighted by Crippen LogP contribution is 2.47. The van der Waals surface area contributed by atoms with Crippen LogP contribution in [0.4, 0.5) is 10.1 Å². The Morgan fingerprint density at radius 1 is 1.17 bits per heavy atom. The lowest BCUT2D eigenvalue weighted by molar-refractivity contribution is -0.0291. The minimum atomic E-state index is -3.97. The molecule has 1 saturated carbocycles. The Morgan fingerprint density at radius 2 is 1.83 bits per heavy atom. The molecule has 0 aromatic heterocycles. The number of hydrogen-bond acceptors (Lipinski definition) is 5. The fraction of sp³-hybridized carbons (Fsp3) is 0.429. The van der Waals surface area contributed by atoms with Gasteiger partial charge in [-0.25, -0.2) is 17.5 Å². The largest absolute Gasteiger partial charge is 0.388 e. The Bertz CT molecular complexity index is 1060. The zero-order valence-corrected chi connectivity index (χ0v) is 18.2. The predicted molar refractivity (Wildman–Crippen MR) is 113 cm³/mol. The molecular formula is C21H24ClFN2O4S. The molecule has 1 aliphatic heterocycles. The van der Waals surface area contributed by atoms with Gasteiger partial charge in [0.2, 0.25) is 10.0 Å². The second kappa shape index (κ2) is 7.46. The molecule has 0 bridgehead atoms. The van der Waals surface area contributed by atoms with Gasteiger partial charge in [0.15, 0.2) is 0 Å². The average molecular weight is 455 g/mol. The minimum absolute atomic E-state index is 0.0136. The molecule has 3 N–H and O–H groups in total. The van der Waals surface area contributed by atoms with Crippen LogP contribution < -0.4 is 10.0 Å². The highest BCUT2D eigenvalue weighted by atomic mass is 35.5. The summed E-state index contributed by atoms with van der Waals surface area (Å²) in [5, 5.41) is 13.9. The molecule has 4 rings (SSSR count). The van der Waals surface area contributed by atoms with Crippen LogP contribution in [0.2, 0.25) is 5.02 Å². The van der Waals surface area contributed by atoms with Crippen molar-refractivity contribution in [3.05, 3.63) is 58.9 Å². The highest BCUT2D eigenvalue weighted by Gasteiger charge is 2.48. The van der Waals surface area contributed by atoms with Gasteiger partial charge in [0.1, 0.15) is 16.8 Å². The Labute approximate surface area is 180 Å². The van der Waals surface area contributed by atoms with E-state index in [0.717, 1.165) is 0 Å². The zero-order chi connectivity index (χ0) is 21.7. The van der Waals surface area contributed by atoms with Gasteiger partial charge >= 0.3 is 0 Å². The van der Waals surface area contributed by atoms with E-state index < -0.39 is 33.3 Å². The first kappa shape index (κ1) is 21.5. The van der Waals surface area contributed by atoms with Crippen LogP contribution in [0.25, 0.3) is 0 Å². The van der Waals surface area contributed by atoms with E-state index in [0.29, 0.717) is 24.1 Å². The van der Waals surface area contributed by atoms with E-state index in [-0.39, 0.29) is 22.3 Å². The summed E-state index contributed by atoms with van der Waals surface area (Å²) >= 11 is 6.10. The van der Waals surface area contributed by atoms with E-state index in [4.69, 9.17) is 16.3 Å². The van der Waals surface area contributed by atoms with Gasteiger partial charge in [0.05, 0.1) is 29.5 Å². The molecule has 0 amide bonds. The Kier molecular flexibility index (Phi) is 5.35. The van der Waals surface area contributed by atoms with Gasteiger partial charge in [-0.2, -0.15) is 0 Å². The third-order valence-corrected chi connectivity index (χ3v) is 7.59. The normalized spacial score (nSPS) is 24.6. The molecule has 2 aromatic carbocycles. The summed E-state index contributed by atoms with van der Waals surface area (Å²) in [7, 11) is -3.97. The smallest absolute Gasteiger partial charge is 0.243 e. The molecule has 0 spiro atoms. The second-order valence-electron chi connectivity index (χ2n) is 8.45. The Hall–Kier alpha value is -1.71. The van der Waals surface area contributed by atoms with Crippen molar-refractivity contribution >= 4 is 27.3 Å². The fourth-order valence-corrected chi connectivity index (χ4v) is 5.66. The van der Waals surface area contributed by atoms with Gasteiger partial charge < -0.3 is 15.2 Å². The van der Waals surface area contributed by atoms with E-state index in [1.807, 2.05) is 0 Å². The van der Waals surface area contributed by atoms with E-state index in [2.05, 4.69) is 10.0 Å². The lowest BCUT2D eigenvalue weighted by atomic mass is 9.99. The standard InChI is InChI=1S/C21H24ClFN2O4S/c1-20(2)19(26)17(12-29-20)24-16-8-5-14(22)11-18(16)30(27,28)25-21(9-10-21)13-3-6-15(23)7-4-13/h3-8,11,17,19,24-26H,9-10,12H2,1-2H3/t17-,19+/m1/s1. The molecular weight excluding hydrogens is 431 g/mol. The molecule has 2 aliphatic rings. The molecule has 1 heterocycles. The van der Waals surface area contributed by atoms with Crippen LogP contribution in [0.3, 0.4) is 0 Å². The molecule has 1 aliphatic carbocycles. The van der Waals surface area contributed by atoms with Crippen molar-refractivity contribution in [2.24, 2.45) is 0 Å². The molecule has 30 heavy (non-hydrogen) atoms. The molecule has 2 aromatic rings. The lowest BCUT2D eigenvalue weighted by Crippen LogP contribution is -2.41. The number of benzene rings is 2. The first-order valence-electron chi connectivity index (χ1n) is 9.71. The molecule has 162 valence electrons. The fourth-order valence-electron chi connectivity index (χ4n) is 3.78. The number of aliphatic hydroxyl groups is 1. The monoisotopic (exact) mass is 454 g/mol. The van der Waals surface area contributed by atoms with Gasteiger partial charge in [0.25, 0.3) is 0 Å². The molecule has 0 unspecified atom stereocenters. The number of halogens is 2. The van der Waals surface area contributed by atoms with Crippen molar-refractivity contribution in [1.82, 2.24) is 4.72 Å². The van der Waals surface area contributed by atoms with E-state index in [1.54, 1.807) is 38.1 Å². The quantitative estimate of drug-likeness (QED) is 0.622. The summed E-state index contributed by atoms with van der Waals surface area (Å²) in [5.74, 6) is -0.376. The molecule has 9 heteroatoms. The van der Waals surface area contributed by atoms with Crippen LogP contribution in [0.15, 0.2) is 47.4 Å². The third kappa shape index (κ3) is 4.07. The van der Waals surface area contributed by atoms with E-state index in [9.17, 15) is 17.9 Å². The summed E-state index contributed by atoms with van der Waals surface area (Å²) in [5.41, 5.74) is -0.455. The second-order valence-corrected chi connectivity index (χ2v) is 10.5. The van der Waals surface area contributed by atoms with Crippen molar-refractivity contribution in [2.75, 3.05) is 11.9 Å². The van der Waals surface area contributed by atoms with Crippen molar-refractivity contribution in [3.63, 3.8) is 0 Å². The van der Waals surface area contributed by atoms with Crippen molar-refractivity contribution in [1.29, 1.82) is 0 Å². The predicted octanol–water partition coefficient (Wildman–Crippen LogP) is 3.40. The maximum absolute atomic E-state index is 13.3. The lowest BCUT2D eigenvalue weighted by Gasteiger charge is -2.25. The van der Waals surface area contributed by atoms with Gasteiger partial charge in [-0.3, -0.25) is 0 Å². The average Bonchev–Trinajstić information content (AvgIpc) is 3.40. The van der Waals surface area contributed by atoms with Crippen LogP contribution in [0.5, 0.6) is 0 Å². The van der Waals surface area contributed by atoms with Gasteiger partial charge in [-0.05, 0) is 62.6 Å². The number of rotatable bonds is 6. The summed E-state index contributed by atoms with van der Waals surface area (Å²) in [6, 6.07) is 9.89. The van der Waals surface area contributed by atoms with Crippen LogP contribution in [-0.2, 0) is 20.3 Å². The third-order valence-electron chi connectivity index (χ3n) is 5.78. The molecule has 1 saturated heterocycles. The number of ether oxygens (including phenoxy) is 1.